The summed E-state index contributed by atoms with van der Waals surface area (Å²) in [5.41, 5.74) is 0.536. The lowest BCUT2D eigenvalue weighted by Crippen LogP contribution is -2.52. The lowest BCUT2D eigenvalue weighted by Gasteiger charge is -2.34. The van der Waals surface area contributed by atoms with E-state index in [2.05, 4.69) is 15.3 Å². The van der Waals surface area contributed by atoms with Gasteiger partial charge < -0.3 is 15.1 Å². The van der Waals surface area contributed by atoms with Gasteiger partial charge in [-0.3, -0.25) is 9.59 Å². The molecule has 0 atom stereocenters. The summed E-state index contributed by atoms with van der Waals surface area (Å²) in [7, 11) is 0. The molecule has 1 aromatic carbocycles. The first-order valence-corrected chi connectivity index (χ1v) is 7.89. The third-order valence-corrected chi connectivity index (χ3v) is 3.95. The molecule has 0 aliphatic carbocycles. The van der Waals surface area contributed by atoms with Gasteiger partial charge in [0, 0.05) is 49.3 Å². The Kier molecular flexibility index (Phi) is 4.90. The van der Waals surface area contributed by atoms with E-state index in [4.69, 9.17) is 11.6 Å². The molecule has 1 aromatic heterocycles. The molecule has 1 aliphatic heterocycles. The van der Waals surface area contributed by atoms with Crippen LogP contribution in [-0.2, 0) is 9.59 Å². The number of piperazine rings is 1. The summed E-state index contributed by atoms with van der Waals surface area (Å²) >= 11 is 5.79. The van der Waals surface area contributed by atoms with Crippen molar-refractivity contribution in [1.82, 2.24) is 14.9 Å². The predicted octanol–water partition coefficient (Wildman–Crippen LogP) is 1.42. The highest BCUT2D eigenvalue weighted by molar-refractivity contribution is 6.39. The zero-order chi connectivity index (χ0) is 16.9. The number of carbonyl (C=O) groups excluding carboxylic acids is 2. The number of anilines is 2. The highest BCUT2D eigenvalue weighted by atomic mass is 35.5. The summed E-state index contributed by atoms with van der Waals surface area (Å²) in [6, 6.07) is 8.36. The Morgan fingerprint density at radius 1 is 1.00 bits per heavy atom. The van der Waals surface area contributed by atoms with Gasteiger partial charge in [0.25, 0.3) is 0 Å². The standard InChI is InChI=1S/C16H16ClN5O2/c17-12-2-4-13(5-3-12)20-14(23)15(24)21-8-10-22(11-9-21)16-18-6-1-7-19-16/h1-7H,8-11H2,(H,20,23). The fraction of sp³-hybridized carbons (Fsp3) is 0.250. The third kappa shape index (κ3) is 3.80. The molecule has 1 aliphatic rings. The highest BCUT2D eigenvalue weighted by Crippen LogP contribution is 2.14. The van der Waals surface area contributed by atoms with Gasteiger partial charge in [0.15, 0.2) is 0 Å². The van der Waals surface area contributed by atoms with E-state index in [9.17, 15) is 9.59 Å². The van der Waals surface area contributed by atoms with Crippen molar-refractivity contribution in [3.05, 3.63) is 47.7 Å². The van der Waals surface area contributed by atoms with Crippen LogP contribution < -0.4 is 10.2 Å². The second-order valence-corrected chi connectivity index (χ2v) is 5.73. The number of amides is 2. The van der Waals surface area contributed by atoms with Crippen molar-refractivity contribution in [1.29, 1.82) is 0 Å². The minimum atomic E-state index is -0.651. The van der Waals surface area contributed by atoms with E-state index >= 15 is 0 Å². The summed E-state index contributed by atoms with van der Waals surface area (Å²) in [6.07, 6.45) is 3.36. The number of aromatic nitrogens is 2. The van der Waals surface area contributed by atoms with E-state index in [1.165, 1.54) is 4.90 Å². The van der Waals surface area contributed by atoms with E-state index in [1.807, 2.05) is 4.90 Å². The van der Waals surface area contributed by atoms with Gasteiger partial charge >= 0.3 is 11.8 Å². The lowest BCUT2D eigenvalue weighted by atomic mass is 10.3. The number of rotatable bonds is 2. The predicted molar refractivity (Wildman–Crippen MR) is 90.9 cm³/mol. The number of hydrogen-bond acceptors (Lipinski definition) is 5. The Labute approximate surface area is 144 Å². The normalized spacial score (nSPS) is 14.4. The molecule has 2 heterocycles. The maximum Gasteiger partial charge on any atom is 0.313 e. The summed E-state index contributed by atoms with van der Waals surface area (Å²) in [5, 5.41) is 3.15. The number of hydrogen-bond donors (Lipinski definition) is 1. The van der Waals surface area contributed by atoms with Crippen molar-refractivity contribution < 1.29 is 9.59 Å². The van der Waals surface area contributed by atoms with Crippen molar-refractivity contribution in [3.8, 4) is 0 Å². The molecule has 1 saturated heterocycles. The van der Waals surface area contributed by atoms with Crippen LogP contribution >= 0.6 is 11.6 Å². The van der Waals surface area contributed by atoms with Crippen molar-refractivity contribution in [2.75, 3.05) is 36.4 Å². The van der Waals surface area contributed by atoms with Crippen LogP contribution in [-0.4, -0.2) is 52.9 Å². The SMILES string of the molecule is O=C(Nc1ccc(Cl)cc1)C(=O)N1CCN(c2ncccn2)CC1. The molecule has 124 valence electrons. The Morgan fingerprint density at radius 2 is 1.62 bits per heavy atom. The first-order valence-electron chi connectivity index (χ1n) is 7.51. The van der Waals surface area contributed by atoms with Gasteiger partial charge in [-0.1, -0.05) is 11.6 Å². The van der Waals surface area contributed by atoms with E-state index in [-0.39, 0.29) is 0 Å². The fourth-order valence-corrected chi connectivity index (χ4v) is 2.55. The Balaban J connectivity index is 1.54. The van der Waals surface area contributed by atoms with Gasteiger partial charge in [0.1, 0.15) is 0 Å². The molecule has 1 fully saturated rings. The molecule has 0 unspecified atom stereocenters. The van der Waals surface area contributed by atoms with Gasteiger partial charge in [-0.15, -0.1) is 0 Å². The first-order chi connectivity index (χ1) is 11.6. The zero-order valence-corrected chi connectivity index (χ0v) is 13.6. The van der Waals surface area contributed by atoms with E-state index in [0.717, 1.165) is 0 Å². The number of carbonyl (C=O) groups is 2. The molecule has 24 heavy (non-hydrogen) atoms. The fourth-order valence-electron chi connectivity index (χ4n) is 2.43. The molecule has 0 spiro atoms. The van der Waals surface area contributed by atoms with Gasteiger partial charge in [0.05, 0.1) is 0 Å². The lowest BCUT2D eigenvalue weighted by molar-refractivity contribution is -0.143. The average molecular weight is 346 g/mol. The van der Waals surface area contributed by atoms with E-state index in [0.29, 0.717) is 42.8 Å². The maximum atomic E-state index is 12.3. The number of nitrogens with one attached hydrogen (secondary N) is 1. The Bertz CT molecular complexity index is 715. The monoisotopic (exact) mass is 345 g/mol. The molecule has 0 saturated carbocycles. The largest absolute Gasteiger partial charge is 0.337 e. The topological polar surface area (TPSA) is 78.4 Å². The van der Waals surface area contributed by atoms with Crippen LogP contribution in [0.25, 0.3) is 0 Å². The third-order valence-electron chi connectivity index (χ3n) is 3.70. The second-order valence-electron chi connectivity index (χ2n) is 5.29. The summed E-state index contributed by atoms with van der Waals surface area (Å²) in [6.45, 7) is 2.07. The quantitative estimate of drug-likeness (QED) is 0.833. The first kappa shape index (κ1) is 16.2. The maximum absolute atomic E-state index is 12.3. The zero-order valence-electron chi connectivity index (χ0n) is 12.9. The van der Waals surface area contributed by atoms with Crippen LogP contribution in [0.5, 0.6) is 0 Å². The molecule has 0 radical (unpaired) electrons. The number of halogens is 1. The second kappa shape index (κ2) is 7.27. The molecule has 2 amide bonds. The van der Waals surface area contributed by atoms with Crippen LogP contribution in [0.15, 0.2) is 42.7 Å². The molecule has 3 rings (SSSR count). The number of nitrogens with zero attached hydrogens (tertiary/aromatic N) is 4. The van der Waals surface area contributed by atoms with Crippen LogP contribution in [0.2, 0.25) is 5.02 Å². The van der Waals surface area contributed by atoms with Gasteiger partial charge in [-0.05, 0) is 30.3 Å². The smallest absolute Gasteiger partial charge is 0.313 e. The molecule has 2 aromatic rings. The van der Waals surface area contributed by atoms with Crippen LogP contribution in [0.1, 0.15) is 0 Å². The van der Waals surface area contributed by atoms with Gasteiger partial charge in [-0.2, -0.15) is 0 Å². The van der Waals surface area contributed by atoms with Crippen LogP contribution in [0.4, 0.5) is 11.6 Å². The molecule has 7 nitrogen and oxygen atoms in total. The molecule has 8 heteroatoms. The summed E-state index contributed by atoms with van der Waals surface area (Å²) < 4.78 is 0. The summed E-state index contributed by atoms with van der Waals surface area (Å²) in [4.78, 5) is 36.2. The van der Waals surface area contributed by atoms with Crippen LogP contribution in [0, 0.1) is 0 Å². The molecular formula is C16H16ClN5O2. The molecular weight excluding hydrogens is 330 g/mol. The Hall–Kier alpha value is -2.67. The number of benzene rings is 1. The summed E-state index contributed by atoms with van der Waals surface area (Å²) in [5.74, 6) is -0.560. The highest BCUT2D eigenvalue weighted by Gasteiger charge is 2.26. The minimum absolute atomic E-state index is 0.450. The molecule has 0 bridgehead atoms. The minimum Gasteiger partial charge on any atom is -0.337 e. The van der Waals surface area contributed by atoms with Crippen LogP contribution in [0.3, 0.4) is 0 Å². The Morgan fingerprint density at radius 3 is 2.25 bits per heavy atom. The van der Waals surface area contributed by atoms with E-state index in [1.54, 1.807) is 42.7 Å². The van der Waals surface area contributed by atoms with Gasteiger partial charge in [0.2, 0.25) is 5.95 Å². The molecule has 1 N–H and O–H groups in total. The van der Waals surface area contributed by atoms with Gasteiger partial charge in [-0.25, -0.2) is 9.97 Å². The van der Waals surface area contributed by atoms with Crippen molar-refractivity contribution in [2.24, 2.45) is 0 Å². The van der Waals surface area contributed by atoms with Crippen molar-refractivity contribution in [2.45, 2.75) is 0 Å². The van der Waals surface area contributed by atoms with Crippen molar-refractivity contribution in [3.63, 3.8) is 0 Å². The van der Waals surface area contributed by atoms with E-state index < -0.39 is 11.8 Å². The average Bonchev–Trinajstić information content (AvgIpc) is 2.64. The van der Waals surface area contributed by atoms with Crippen molar-refractivity contribution >= 4 is 35.1 Å².